The Bertz CT molecular complexity index is 231. The maximum absolute atomic E-state index is 10.5. The molecule has 0 spiro atoms. The van der Waals surface area contributed by atoms with E-state index in [2.05, 4.69) is 18.9 Å². The molecule has 0 aromatic rings. The molecule has 0 bridgehead atoms. The van der Waals surface area contributed by atoms with Gasteiger partial charge in [-0.15, -0.1) is 0 Å². The first-order chi connectivity index (χ1) is 9.66. The van der Waals surface area contributed by atoms with Crippen molar-refractivity contribution >= 4 is 0 Å². The summed E-state index contributed by atoms with van der Waals surface area (Å²) in [5.41, 5.74) is -0.382. The van der Waals surface area contributed by atoms with E-state index in [9.17, 15) is 5.11 Å². The molecular formula is C18H37NO. The summed E-state index contributed by atoms with van der Waals surface area (Å²) < 4.78 is 0. The fourth-order valence-corrected chi connectivity index (χ4v) is 3.48. The van der Waals surface area contributed by atoms with Gasteiger partial charge in [0.1, 0.15) is 0 Å². The van der Waals surface area contributed by atoms with Crippen LogP contribution in [0.25, 0.3) is 0 Å². The Morgan fingerprint density at radius 2 is 1.45 bits per heavy atom. The minimum atomic E-state index is -0.382. The predicted octanol–water partition coefficient (Wildman–Crippen LogP) is 4.75. The maximum atomic E-state index is 10.5. The topological polar surface area (TPSA) is 23.5 Å². The number of piperidine rings is 1. The maximum Gasteiger partial charge on any atom is 0.0774 e. The van der Waals surface area contributed by atoms with Crippen LogP contribution in [-0.4, -0.2) is 35.7 Å². The van der Waals surface area contributed by atoms with Crippen molar-refractivity contribution in [2.45, 2.75) is 96.0 Å². The Kier molecular flexibility index (Phi) is 9.54. The van der Waals surface area contributed by atoms with Gasteiger partial charge in [-0.25, -0.2) is 0 Å². The van der Waals surface area contributed by atoms with Crippen LogP contribution in [0.15, 0.2) is 0 Å². The molecule has 1 saturated heterocycles. The quantitative estimate of drug-likeness (QED) is 0.553. The second kappa shape index (κ2) is 10.6. The van der Waals surface area contributed by atoms with Crippen molar-refractivity contribution in [2.24, 2.45) is 0 Å². The molecule has 1 fully saturated rings. The molecule has 0 aliphatic carbocycles. The van der Waals surface area contributed by atoms with Gasteiger partial charge in [0.2, 0.25) is 0 Å². The van der Waals surface area contributed by atoms with Gasteiger partial charge in [-0.05, 0) is 32.9 Å². The number of aliphatic hydroxyl groups is 1. The third-order valence-corrected chi connectivity index (χ3v) is 4.74. The van der Waals surface area contributed by atoms with Gasteiger partial charge >= 0.3 is 0 Å². The van der Waals surface area contributed by atoms with E-state index in [0.29, 0.717) is 0 Å². The first kappa shape index (κ1) is 18.0. The Labute approximate surface area is 126 Å². The Morgan fingerprint density at radius 3 is 2.00 bits per heavy atom. The minimum Gasteiger partial charge on any atom is -0.389 e. The number of likely N-dealkylation sites (N-methyl/N-ethyl adjacent to an activating group) is 1. The van der Waals surface area contributed by atoms with Gasteiger partial charge in [-0.3, -0.25) is 0 Å². The summed E-state index contributed by atoms with van der Waals surface area (Å²) in [5, 5.41) is 10.5. The van der Waals surface area contributed by atoms with E-state index in [1.54, 1.807) is 0 Å². The van der Waals surface area contributed by atoms with E-state index in [1.807, 2.05) is 0 Å². The zero-order valence-corrected chi connectivity index (χ0v) is 14.0. The summed E-state index contributed by atoms with van der Waals surface area (Å²) in [6, 6.07) is 0. The zero-order chi connectivity index (χ0) is 14.7. The first-order valence-corrected chi connectivity index (χ1v) is 9.07. The van der Waals surface area contributed by atoms with Gasteiger partial charge in [0.05, 0.1) is 5.60 Å². The molecule has 1 rings (SSSR count). The summed E-state index contributed by atoms with van der Waals surface area (Å²) in [6.07, 6.45) is 16.9. The van der Waals surface area contributed by atoms with E-state index in [4.69, 9.17) is 0 Å². The zero-order valence-electron chi connectivity index (χ0n) is 14.0. The van der Waals surface area contributed by atoms with Gasteiger partial charge in [-0.2, -0.15) is 0 Å². The van der Waals surface area contributed by atoms with Gasteiger partial charge in [-0.1, -0.05) is 71.1 Å². The second-order valence-electron chi connectivity index (χ2n) is 7.00. The van der Waals surface area contributed by atoms with E-state index in [1.165, 1.54) is 64.2 Å². The van der Waals surface area contributed by atoms with Gasteiger partial charge in [0, 0.05) is 6.54 Å². The van der Waals surface area contributed by atoms with Crippen LogP contribution in [0.5, 0.6) is 0 Å². The summed E-state index contributed by atoms with van der Waals surface area (Å²) in [5.74, 6) is 0. The van der Waals surface area contributed by atoms with Crippen LogP contribution < -0.4 is 0 Å². The van der Waals surface area contributed by atoms with Crippen LogP contribution in [0.4, 0.5) is 0 Å². The number of unbranched alkanes of at least 4 members (excludes halogenated alkanes) is 9. The number of β-amino-alcohol motifs (C(OH)–C–C–N with tert-alkyl or cyclic N) is 1. The molecule has 0 aromatic carbocycles. The molecule has 2 nitrogen and oxygen atoms in total. The van der Waals surface area contributed by atoms with Crippen LogP contribution in [0.1, 0.15) is 90.4 Å². The van der Waals surface area contributed by atoms with E-state index in [0.717, 1.165) is 32.4 Å². The highest BCUT2D eigenvalue weighted by atomic mass is 16.3. The van der Waals surface area contributed by atoms with Crippen molar-refractivity contribution in [3.8, 4) is 0 Å². The van der Waals surface area contributed by atoms with Crippen LogP contribution >= 0.6 is 0 Å². The number of nitrogens with zero attached hydrogens (tertiary/aromatic N) is 1. The average molecular weight is 284 g/mol. The van der Waals surface area contributed by atoms with E-state index < -0.39 is 0 Å². The van der Waals surface area contributed by atoms with E-state index in [-0.39, 0.29) is 5.60 Å². The summed E-state index contributed by atoms with van der Waals surface area (Å²) in [7, 11) is 2.13. The second-order valence-corrected chi connectivity index (χ2v) is 7.00. The SMILES string of the molecule is CCCCCCCCCCCCC1(O)CCCN(C)C1. The number of hydrogen-bond acceptors (Lipinski definition) is 2. The standard InChI is InChI=1S/C18H37NO/c1-3-4-5-6-7-8-9-10-11-12-14-18(20)15-13-16-19(2)17-18/h20H,3-17H2,1-2H3. The largest absolute Gasteiger partial charge is 0.389 e. The molecule has 0 saturated carbocycles. The smallest absolute Gasteiger partial charge is 0.0774 e. The van der Waals surface area contributed by atoms with Crippen LogP contribution in [0, 0.1) is 0 Å². The number of hydrogen-bond donors (Lipinski definition) is 1. The van der Waals surface area contributed by atoms with Gasteiger partial charge in [0.25, 0.3) is 0 Å². The molecule has 0 aromatic heterocycles. The lowest BCUT2D eigenvalue weighted by atomic mass is 9.87. The highest BCUT2D eigenvalue weighted by molar-refractivity contribution is 4.85. The molecule has 0 amide bonds. The molecule has 1 N–H and O–H groups in total. The Balaban J connectivity index is 1.89. The lowest BCUT2D eigenvalue weighted by molar-refractivity contribution is -0.0311. The molecule has 1 unspecified atom stereocenters. The molecule has 2 heteroatoms. The lowest BCUT2D eigenvalue weighted by Gasteiger charge is -2.37. The Morgan fingerprint density at radius 1 is 0.900 bits per heavy atom. The fourth-order valence-electron chi connectivity index (χ4n) is 3.48. The molecule has 1 heterocycles. The van der Waals surface area contributed by atoms with Crippen molar-refractivity contribution in [1.29, 1.82) is 0 Å². The minimum absolute atomic E-state index is 0.382. The van der Waals surface area contributed by atoms with Gasteiger partial charge in [0.15, 0.2) is 0 Å². The van der Waals surface area contributed by atoms with Gasteiger partial charge < -0.3 is 10.0 Å². The number of likely N-dealkylation sites (tertiary alicyclic amines) is 1. The first-order valence-electron chi connectivity index (χ1n) is 9.07. The summed E-state index contributed by atoms with van der Waals surface area (Å²) >= 11 is 0. The monoisotopic (exact) mass is 283 g/mol. The molecular weight excluding hydrogens is 246 g/mol. The van der Waals surface area contributed by atoms with Crippen LogP contribution in [0.3, 0.4) is 0 Å². The molecule has 1 aliphatic rings. The molecule has 120 valence electrons. The van der Waals surface area contributed by atoms with Crippen molar-refractivity contribution in [1.82, 2.24) is 4.90 Å². The van der Waals surface area contributed by atoms with Crippen LogP contribution in [0.2, 0.25) is 0 Å². The summed E-state index contributed by atoms with van der Waals surface area (Å²) in [4.78, 5) is 2.28. The summed E-state index contributed by atoms with van der Waals surface area (Å²) in [6.45, 7) is 4.31. The molecule has 20 heavy (non-hydrogen) atoms. The van der Waals surface area contributed by atoms with Crippen molar-refractivity contribution < 1.29 is 5.11 Å². The third-order valence-electron chi connectivity index (χ3n) is 4.74. The lowest BCUT2D eigenvalue weighted by Crippen LogP contribution is -2.46. The fraction of sp³-hybridized carbons (Fsp3) is 1.00. The Hall–Kier alpha value is -0.0800. The van der Waals surface area contributed by atoms with E-state index >= 15 is 0 Å². The highest BCUT2D eigenvalue weighted by Gasteiger charge is 2.30. The molecule has 1 aliphatic heterocycles. The third kappa shape index (κ3) is 8.26. The highest BCUT2D eigenvalue weighted by Crippen LogP contribution is 2.26. The number of rotatable bonds is 11. The normalized spacial score (nSPS) is 24.1. The van der Waals surface area contributed by atoms with Crippen molar-refractivity contribution in [3.63, 3.8) is 0 Å². The van der Waals surface area contributed by atoms with Crippen molar-refractivity contribution in [2.75, 3.05) is 20.1 Å². The average Bonchev–Trinajstić information content (AvgIpc) is 2.40. The molecule has 0 radical (unpaired) electrons. The van der Waals surface area contributed by atoms with Crippen LogP contribution in [-0.2, 0) is 0 Å². The molecule has 1 atom stereocenters. The van der Waals surface area contributed by atoms with Crippen molar-refractivity contribution in [3.05, 3.63) is 0 Å². The predicted molar refractivity (Wildman–Crippen MR) is 88.1 cm³/mol.